The number of hydrogen-bond donors (Lipinski definition) is 2. The van der Waals surface area contributed by atoms with Gasteiger partial charge in [0.15, 0.2) is 0 Å². The predicted molar refractivity (Wildman–Crippen MR) is 57.5 cm³/mol. The maximum absolute atomic E-state index is 10.9. The molecule has 0 saturated carbocycles. The lowest BCUT2D eigenvalue weighted by Gasteiger charge is -2.23. The summed E-state index contributed by atoms with van der Waals surface area (Å²) in [6.07, 6.45) is 1.05. The zero-order valence-electron chi connectivity index (χ0n) is 9.58. The highest BCUT2D eigenvalue weighted by molar-refractivity contribution is 5.73. The van der Waals surface area contributed by atoms with Crippen LogP contribution in [0.3, 0.4) is 0 Å². The molecule has 0 aliphatic rings. The van der Waals surface area contributed by atoms with Crippen LogP contribution in [0.2, 0.25) is 0 Å². The van der Waals surface area contributed by atoms with Gasteiger partial charge in [0.05, 0.1) is 0 Å². The normalized spacial score (nSPS) is 13.6. The van der Waals surface area contributed by atoms with Crippen LogP contribution in [0.25, 0.3) is 0 Å². The quantitative estimate of drug-likeness (QED) is 0.640. The first-order valence-electron chi connectivity index (χ1n) is 5.14. The number of carboxylic acid groups (broad SMARTS) is 1. The molecule has 1 atom stereocenters. The summed E-state index contributed by atoms with van der Waals surface area (Å²) in [5.74, 6) is -0.776. The molecule has 0 fully saturated rings. The van der Waals surface area contributed by atoms with Crippen LogP contribution in [0.15, 0.2) is 0 Å². The highest BCUT2D eigenvalue weighted by Crippen LogP contribution is 1.94. The summed E-state index contributed by atoms with van der Waals surface area (Å²) in [5, 5.41) is 12.0. The second-order valence-corrected chi connectivity index (χ2v) is 3.97. The minimum atomic E-state index is -0.776. The maximum atomic E-state index is 10.9. The minimum absolute atomic E-state index is 0.200. The Labute approximate surface area is 86.3 Å². The standard InChI is InChI=1S/C10H22N2O2/c1-5-6-12(4)7-9(10(13)14)11-8(2)3/h8-9,11H,5-7H2,1-4H3,(H,13,14). The molecule has 0 aromatic rings. The van der Waals surface area contributed by atoms with Crippen molar-refractivity contribution in [3.63, 3.8) is 0 Å². The number of likely N-dealkylation sites (N-methyl/N-ethyl adjacent to an activating group) is 1. The van der Waals surface area contributed by atoms with Crippen LogP contribution in [0, 0.1) is 0 Å². The largest absolute Gasteiger partial charge is 0.480 e. The van der Waals surface area contributed by atoms with Crippen molar-refractivity contribution in [1.82, 2.24) is 10.2 Å². The highest BCUT2D eigenvalue weighted by atomic mass is 16.4. The number of carbonyl (C=O) groups is 1. The zero-order valence-corrected chi connectivity index (χ0v) is 9.58. The van der Waals surface area contributed by atoms with Gasteiger partial charge in [0.1, 0.15) is 6.04 Å². The maximum Gasteiger partial charge on any atom is 0.322 e. The first-order chi connectivity index (χ1) is 6.47. The molecule has 0 spiro atoms. The van der Waals surface area contributed by atoms with Gasteiger partial charge in [-0.1, -0.05) is 20.8 Å². The summed E-state index contributed by atoms with van der Waals surface area (Å²) >= 11 is 0. The highest BCUT2D eigenvalue weighted by Gasteiger charge is 2.19. The molecule has 0 aromatic heterocycles. The lowest BCUT2D eigenvalue weighted by atomic mass is 10.2. The molecular formula is C10H22N2O2. The Kier molecular flexibility index (Phi) is 6.49. The van der Waals surface area contributed by atoms with Crippen LogP contribution < -0.4 is 5.32 Å². The average molecular weight is 202 g/mol. The summed E-state index contributed by atoms with van der Waals surface area (Å²) in [5.41, 5.74) is 0. The van der Waals surface area contributed by atoms with E-state index in [0.717, 1.165) is 13.0 Å². The van der Waals surface area contributed by atoms with Crippen LogP contribution >= 0.6 is 0 Å². The molecule has 0 aliphatic heterocycles. The lowest BCUT2D eigenvalue weighted by Crippen LogP contribution is -2.47. The van der Waals surface area contributed by atoms with Crippen LogP contribution in [0.5, 0.6) is 0 Å². The summed E-state index contributed by atoms with van der Waals surface area (Å²) in [6, 6.07) is -0.266. The third-order valence-electron chi connectivity index (χ3n) is 1.93. The molecule has 14 heavy (non-hydrogen) atoms. The van der Waals surface area contributed by atoms with Crippen LogP contribution in [0.1, 0.15) is 27.2 Å². The van der Waals surface area contributed by atoms with Crippen LogP contribution in [-0.2, 0) is 4.79 Å². The van der Waals surface area contributed by atoms with E-state index in [-0.39, 0.29) is 6.04 Å². The van der Waals surface area contributed by atoms with Crippen LogP contribution in [-0.4, -0.2) is 48.2 Å². The topological polar surface area (TPSA) is 52.6 Å². The predicted octanol–water partition coefficient (Wildman–Crippen LogP) is 0.779. The van der Waals surface area contributed by atoms with Gasteiger partial charge in [-0.3, -0.25) is 4.79 Å². The van der Waals surface area contributed by atoms with Gasteiger partial charge in [0.2, 0.25) is 0 Å². The molecule has 1 unspecified atom stereocenters. The Balaban J connectivity index is 4.02. The molecule has 0 amide bonds. The van der Waals surface area contributed by atoms with Crippen molar-refractivity contribution in [3.05, 3.63) is 0 Å². The fourth-order valence-electron chi connectivity index (χ4n) is 1.39. The van der Waals surface area contributed by atoms with E-state index < -0.39 is 12.0 Å². The van der Waals surface area contributed by atoms with Gasteiger partial charge in [-0.15, -0.1) is 0 Å². The summed E-state index contributed by atoms with van der Waals surface area (Å²) < 4.78 is 0. The Hall–Kier alpha value is -0.610. The monoisotopic (exact) mass is 202 g/mol. The summed E-state index contributed by atoms with van der Waals surface area (Å²) in [4.78, 5) is 12.9. The fourth-order valence-corrected chi connectivity index (χ4v) is 1.39. The van der Waals surface area contributed by atoms with Crippen molar-refractivity contribution >= 4 is 5.97 Å². The van der Waals surface area contributed by atoms with Gasteiger partial charge in [0.25, 0.3) is 0 Å². The van der Waals surface area contributed by atoms with Gasteiger partial charge in [-0.25, -0.2) is 0 Å². The van der Waals surface area contributed by atoms with Gasteiger partial charge < -0.3 is 15.3 Å². The zero-order chi connectivity index (χ0) is 11.1. The Morgan fingerprint density at radius 1 is 1.50 bits per heavy atom. The van der Waals surface area contributed by atoms with Gasteiger partial charge in [-0.2, -0.15) is 0 Å². The molecule has 0 radical (unpaired) electrons. The van der Waals surface area contributed by atoms with E-state index in [1.165, 1.54) is 0 Å². The number of nitrogens with zero attached hydrogens (tertiary/aromatic N) is 1. The van der Waals surface area contributed by atoms with Gasteiger partial charge in [0, 0.05) is 12.6 Å². The summed E-state index contributed by atoms with van der Waals surface area (Å²) in [6.45, 7) is 7.48. The third kappa shape index (κ3) is 5.94. The van der Waals surface area contributed by atoms with E-state index in [4.69, 9.17) is 5.11 Å². The number of aliphatic carboxylic acids is 1. The second kappa shape index (κ2) is 6.79. The van der Waals surface area contributed by atoms with E-state index in [2.05, 4.69) is 12.2 Å². The molecule has 0 rings (SSSR count). The second-order valence-electron chi connectivity index (χ2n) is 3.97. The van der Waals surface area contributed by atoms with Gasteiger partial charge in [-0.05, 0) is 20.0 Å². The number of hydrogen-bond acceptors (Lipinski definition) is 3. The molecule has 0 heterocycles. The smallest absolute Gasteiger partial charge is 0.322 e. The molecule has 84 valence electrons. The van der Waals surface area contributed by atoms with Gasteiger partial charge >= 0.3 is 5.97 Å². The van der Waals surface area contributed by atoms with Crippen LogP contribution in [0.4, 0.5) is 0 Å². The van der Waals surface area contributed by atoms with E-state index >= 15 is 0 Å². The number of carboxylic acids is 1. The Morgan fingerprint density at radius 2 is 2.07 bits per heavy atom. The molecule has 0 aromatic carbocycles. The molecule has 0 aliphatic carbocycles. The first kappa shape index (κ1) is 13.4. The number of nitrogens with one attached hydrogen (secondary N) is 1. The van der Waals surface area contributed by atoms with Crippen molar-refractivity contribution in [2.24, 2.45) is 0 Å². The molecule has 0 bridgehead atoms. The number of rotatable bonds is 7. The SMILES string of the molecule is CCCN(C)CC(NC(C)C)C(=O)O. The van der Waals surface area contributed by atoms with Crippen molar-refractivity contribution in [3.8, 4) is 0 Å². The Morgan fingerprint density at radius 3 is 2.43 bits per heavy atom. The molecule has 0 saturated heterocycles. The minimum Gasteiger partial charge on any atom is -0.480 e. The van der Waals surface area contributed by atoms with Crippen molar-refractivity contribution in [2.75, 3.05) is 20.1 Å². The van der Waals surface area contributed by atoms with E-state index in [1.807, 2.05) is 25.8 Å². The van der Waals surface area contributed by atoms with Crippen molar-refractivity contribution in [2.45, 2.75) is 39.3 Å². The molecular weight excluding hydrogens is 180 g/mol. The Bertz CT molecular complexity index is 172. The van der Waals surface area contributed by atoms with Crippen molar-refractivity contribution in [1.29, 1.82) is 0 Å². The third-order valence-corrected chi connectivity index (χ3v) is 1.93. The average Bonchev–Trinajstić information content (AvgIpc) is 2.02. The molecule has 2 N–H and O–H groups in total. The molecule has 4 nitrogen and oxygen atoms in total. The van der Waals surface area contributed by atoms with E-state index in [9.17, 15) is 4.79 Å². The fraction of sp³-hybridized carbons (Fsp3) is 0.900. The first-order valence-corrected chi connectivity index (χ1v) is 5.14. The van der Waals surface area contributed by atoms with E-state index in [1.54, 1.807) is 0 Å². The van der Waals surface area contributed by atoms with Crippen molar-refractivity contribution < 1.29 is 9.90 Å². The van der Waals surface area contributed by atoms with E-state index in [0.29, 0.717) is 6.54 Å². The summed E-state index contributed by atoms with van der Waals surface area (Å²) in [7, 11) is 1.95. The molecule has 4 heteroatoms. The lowest BCUT2D eigenvalue weighted by molar-refractivity contribution is -0.140.